The van der Waals surface area contributed by atoms with Gasteiger partial charge in [-0.25, -0.2) is 4.39 Å². The van der Waals surface area contributed by atoms with Gasteiger partial charge in [-0.2, -0.15) is 0 Å². The van der Waals surface area contributed by atoms with Crippen LogP contribution in [0, 0.1) is 12.7 Å². The highest BCUT2D eigenvalue weighted by Gasteiger charge is 2.25. The van der Waals surface area contributed by atoms with Gasteiger partial charge in [0.2, 0.25) is 5.91 Å². The van der Waals surface area contributed by atoms with Gasteiger partial charge < -0.3 is 14.2 Å². The number of piperazine rings is 1. The molecule has 2 aromatic heterocycles. The van der Waals surface area contributed by atoms with Crippen molar-refractivity contribution in [2.45, 2.75) is 6.92 Å². The van der Waals surface area contributed by atoms with Crippen molar-refractivity contribution in [2.75, 3.05) is 31.1 Å². The topological polar surface area (TPSA) is 62.5 Å². The first-order valence-electron chi connectivity index (χ1n) is 11.7. The Morgan fingerprint density at radius 2 is 1.83 bits per heavy atom. The van der Waals surface area contributed by atoms with Crippen LogP contribution in [0.2, 0.25) is 5.02 Å². The van der Waals surface area contributed by atoms with E-state index in [0.29, 0.717) is 64.7 Å². The number of halogens is 2. The first-order valence-corrected chi connectivity index (χ1v) is 12.1. The van der Waals surface area contributed by atoms with Crippen LogP contribution < -0.4 is 4.90 Å². The molecule has 0 aliphatic carbocycles. The van der Waals surface area contributed by atoms with Crippen molar-refractivity contribution >= 4 is 56.0 Å². The van der Waals surface area contributed by atoms with Gasteiger partial charge in [0, 0.05) is 52.9 Å². The number of carbonyl (C=O) groups excluding carboxylic acids is 1. The second-order valence-corrected chi connectivity index (χ2v) is 9.39. The minimum absolute atomic E-state index is 0.0802. The van der Waals surface area contributed by atoms with Crippen LogP contribution in [-0.2, 0) is 4.79 Å². The fourth-order valence-corrected chi connectivity index (χ4v) is 5.14. The molecule has 1 fully saturated rings. The number of hydrogen-bond acceptors (Lipinski definition) is 5. The molecule has 1 aliphatic rings. The van der Waals surface area contributed by atoms with Crippen molar-refractivity contribution in [1.82, 2.24) is 15.1 Å². The Bertz CT molecular complexity index is 1690. The molecular weight excluding hydrogens is 479 g/mol. The number of benzene rings is 3. The second-order valence-electron chi connectivity index (χ2n) is 8.96. The first-order chi connectivity index (χ1) is 17.4. The minimum atomic E-state index is -0.337. The van der Waals surface area contributed by atoms with Crippen molar-refractivity contribution in [2.24, 2.45) is 0 Å². The van der Waals surface area contributed by atoms with E-state index in [1.807, 2.05) is 37.3 Å². The molecule has 6 nitrogen and oxygen atoms in total. The monoisotopic (exact) mass is 500 g/mol. The molecule has 0 N–H and O–H groups in total. The van der Waals surface area contributed by atoms with E-state index in [4.69, 9.17) is 16.0 Å². The summed E-state index contributed by atoms with van der Waals surface area (Å²) >= 11 is 6.34. The minimum Gasteiger partial charge on any atom is -0.456 e. The highest BCUT2D eigenvalue weighted by atomic mass is 35.5. The average molecular weight is 501 g/mol. The summed E-state index contributed by atoms with van der Waals surface area (Å²) < 4.78 is 20.9. The largest absolute Gasteiger partial charge is 0.456 e. The van der Waals surface area contributed by atoms with Crippen molar-refractivity contribution in [3.05, 3.63) is 77.6 Å². The maximum absolute atomic E-state index is 14.8. The lowest BCUT2D eigenvalue weighted by Gasteiger charge is -2.35. The zero-order valence-corrected chi connectivity index (χ0v) is 20.3. The van der Waals surface area contributed by atoms with E-state index in [-0.39, 0.29) is 11.7 Å². The van der Waals surface area contributed by atoms with Crippen molar-refractivity contribution in [1.29, 1.82) is 0 Å². The molecule has 0 unspecified atom stereocenters. The zero-order valence-electron chi connectivity index (χ0n) is 19.6. The number of carbonyl (C=O) groups is 1. The molecule has 1 saturated heterocycles. The average Bonchev–Trinajstić information content (AvgIpc) is 3.26. The Hall–Kier alpha value is -3.97. The Morgan fingerprint density at radius 3 is 2.61 bits per heavy atom. The summed E-state index contributed by atoms with van der Waals surface area (Å²) in [4.78, 5) is 15.9. The number of aryl methyl sites for hydroxylation is 1. The Balaban J connectivity index is 1.59. The maximum atomic E-state index is 14.8. The fourth-order valence-electron chi connectivity index (χ4n) is 4.96. The van der Waals surface area contributed by atoms with Crippen molar-refractivity contribution in [3.8, 4) is 11.3 Å². The molecule has 3 aromatic carbocycles. The molecule has 3 heterocycles. The van der Waals surface area contributed by atoms with Crippen LogP contribution in [0.15, 0.2) is 65.6 Å². The molecule has 1 aliphatic heterocycles. The molecule has 0 saturated carbocycles. The summed E-state index contributed by atoms with van der Waals surface area (Å²) in [6.07, 6.45) is 1.34. The molecule has 1 amide bonds. The summed E-state index contributed by atoms with van der Waals surface area (Å²) in [5.74, 6) is 0.279. The van der Waals surface area contributed by atoms with E-state index in [2.05, 4.69) is 21.7 Å². The second kappa shape index (κ2) is 8.60. The van der Waals surface area contributed by atoms with E-state index < -0.39 is 0 Å². The molecule has 6 rings (SSSR count). The number of furan rings is 1. The van der Waals surface area contributed by atoms with Crippen molar-refractivity contribution < 1.29 is 13.6 Å². The third kappa shape index (κ3) is 3.58. The van der Waals surface area contributed by atoms with E-state index in [1.54, 1.807) is 17.0 Å². The van der Waals surface area contributed by atoms with E-state index in [9.17, 15) is 9.18 Å². The molecule has 0 atom stereocenters. The summed E-state index contributed by atoms with van der Waals surface area (Å²) in [6.45, 7) is 7.90. The molecule has 36 heavy (non-hydrogen) atoms. The van der Waals surface area contributed by atoms with E-state index in [0.717, 1.165) is 21.9 Å². The summed E-state index contributed by atoms with van der Waals surface area (Å²) in [7, 11) is 0. The van der Waals surface area contributed by atoms with Gasteiger partial charge in [-0.05, 0) is 55.0 Å². The third-order valence-electron chi connectivity index (χ3n) is 6.85. The van der Waals surface area contributed by atoms with Gasteiger partial charge in [0.15, 0.2) is 5.82 Å². The number of amides is 1. The van der Waals surface area contributed by atoms with Crippen LogP contribution in [0.25, 0.3) is 44.0 Å². The van der Waals surface area contributed by atoms with Crippen LogP contribution in [0.4, 0.5) is 10.2 Å². The lowest BCUT2D eigenvalue weighted by molar-refractivity contribution is -0.126. The van der Waals surface area contributed by atoms with Gasteiger partial charge in [0.25, 0.3) is 0 Å². The van der Waals surface area contributed by atoms with Gasteiger partial charge in [0.05, 0.1) is 5.39 Å². The number of nitrogens with zero attached hydrogens (tertiary/aromatic N) is 4. The molecule has 0 bridgehead atoms. The normalized spacial score (nSPS) is 14.2. The quantitative estimate of drug-likeness (QED) is 0.279. The SMILES string of the molecule is C=CC(=O)N1CCN(c2nnc(-c3cc(Cl)ccc3C)c3cc4c(cc23)oc2cccc(F)c24)CC1. The zero-order chi connectivity index (χ0) is 25.0. The van der Waals surface area contributed by atoms with Crippen LogP contribution in [-0.4, -0.2) is 47.2 Å². The molecule has 8 heteroatoms. The van der Waals surface area contributed by atoms with Gasteiger partial charge in [0.1, 0.15) is 22.7 Å². The van der Waals surface area contributed by atoms with Crippen LogP contribution in [0.1, 0.15) is 5.56 Å². The Morgan fingerprint density at radius 1 is 1.03 bits per heavy atom. The van der Waals surface area contributed by atoms with Gasteiger partial charge in [-0.15, -0.1) is 10.2 Å². The molecule has 0 radical (unpaired) electrons. The first kappa shape index (κ1) is 22.5. The molecular formula is C28H22ClFN4O2. The lowest BCUT2D eigenvalue weighted by Crippen LogP contribution is -2.48. The highest BCUT2D eigenvalue weighted by Crippen LogP contribution is 2.40. The van der Waals surface area contributed by atoms with Crippen LogP contribution in [0.5, 0.6) is 0 Å². The Kier molecular flexibility index (Phi) is 5.38. The fraction of sp³-hybridized carbons (Fsp3) is 0.179. The molecule has 0 spiro atoms. The predicted octanol–water partition coefficient (Wildman–Crippen LogP) is 6.13. The predicted molar refractivity (Wildman–Crippen MR) is 141 cm³/mol. The molecule has 180 valence electrons. The summed E-state index contributed by atoms with van der Waals surface area (Å²) in [5, 5.41) is 12.7. The maximum Gasteiger partial charge on any atom is 0.246 e. The smallest absolute Gasteiger partial charge is 0.246 e. The molecule has 5 aromatic rings. The number of anilines is 1. The standard InChI is InChI=1S/C28H22ClFN4O2/c1-3-25(35)33-9-11-34(12-10-33)28-20-15-24-21(26-22(30)5-4-6-23(26)36-24)14-19(20)27(31-32-28)18-13-17(29)8-7-16(18)2/h3-8,13-15H,1,9-12H2,2H3. The number of rotatable bonds is 3. The highest BCUT2D eigenvalue weighted by molar-refractivity contribution is 6.31. The Labute approximate surface area is 211 Å². The summed E-state index contributed by atoms with van der Waals surface area (Å²) in [6, 6.07) is 14.3. The van der Waals surface area contributed by atoms with Crippen molar-refractivity contribution in [3.63, 3.8) is 0 Å². The van der Waals surface area contributed by atoms with Crippen LogP contribution >= 0.6 is 11.6 Å². The number of hydrogen-bond donors (Lipinski definition) is 0. The van der Waals surface area contributed by atoms with Gasteiger partial charge >= 0.3 is 0 Å². The third-order valence-corrected chi connectivity index (χ3v) is 7.08. The van der Waals surface area contributed by atoms with E-state index >= 15 is 0 Å². The van der Waals surface area contributed by atoms with Gasteiger partial charge in [-0.1, -0.05) is 30.3 Å². The lowest BCUT2D eigenvalue weighted by atomic mass is 9.98. The number of aromatic nitrogens is 2. The van der Waals surface area contributed by atoms with Gasteiger partial charge in [-0.3, -0.25) is 4.79 Å². The summed E-state index contributed by atoms with van der Waals surface area (Å²) in [5.41, 5.74) is 3.59. The van der Waals surface area contributed by atoms with E-state index in [1.165, 1.54) is 12.1 Å². The number of fused-ring (bicyclic) bond motifs is 4. The van der Waals surface area contributed by atoms with Crippen LogP contribution in [0.3, 0.4) is 0 Å².